The van der Waals surface area contributed by atoms with Gasteiger partial charge in [-0.25, -0.2) is 0 Å². The summed E-state index contributed by atoms with van der Waals surface area (Å²) in [4.78, 5) is 48.2. The fourth-order valence-electron chi connectivity index (χ4n) is 6.06. The fraction of sp³-hybridized carbons (Fsp3) is 0.826. The minimum atomic E-state index is -1.39. The quantitative estimate of drug-likeness (QED) is 0.484. The number of carboxylic acid groups (broad SMARTS) is 2. The van der Waals surface area contributed by atoms with Gasteiger partial charge in [0.1, 0.15) is 0 Å². The highest BCUT2D eigenvalue weighted by molar-refractivity contribution is 5.99. The highest BCUT2D eigenvalue weighted by Crippen LogP contribution is 2.47. The molecular weight excluding hydrogens is 400 g/mol. The van der Waals surface area contributed by atoms with E-state index in [0.29, 0.717) is 5.92 Å². The van der Waals surface area contributed by atoms with Crippen LogP contribution in [-0.4, -0.2) is 47.1 Å². The van der Waals surface area contributed by atoms with Crippen molar-refractivity contribution in [1.29, 1.82) is 0 Å². The van der Waals surface area contributed by atoms with Crippen LogP contribution in [0.2, 0.25) is 0 Å². The average Bonchev–Trinajstić information content (AvgIpc) is 2.69. The van der Waals surface area contributed by atoms with Crippen LogP contribution < -0.4 is 10.6 Å². The van der Waals surface area contributed by atoms with Gasteiger partial charge in [-0.05, 0) is 49.9 Å². The first kappa shape index (κ1) is 23.5. The van der Waals surface area contributed by atoms with E-state index in [9.17, 15) is 29.4 Å². The molecule has 0 aliphatic heterocycles. The van der Waals surface area contributed by atoms with Gasteiger partial charge in [-0.3, -0.25) is 19.2 Å². The van der Waals surface area contributed by atoms with Crippen LogP contribution in [0.5, 0.6) is 0 Å². The van der Waals surface area contributed by atoms with Crippen molar-refractivity contribution in [1.82, 2.24) is 10.6 Å². The van der Waals surface area contributed by atoms with Gasteiger partial charge >= 0.3 is 11.9 Å². The summed E-state index contributed by atoms with van der Waals surface area (Å²) in [6, 6.07) is -0.0428. The Morgan fingerprint density at radius 3 is 1.61 bits per heavy atom. The molecule has 3 aliphatic carbocycles. The first-order chi connectivity index (χ1) is 14.7. The lowest BCUT2D eigenvalue weighted by Crippen LogP contribution is -2.64. The summed E-state index contributed by atoms with van der Waals surface area (Å²) < 4.78 is 0. The summed E-state index contributed by atoms with van der Waals surface area (Å²) >= 11 is 0. The Morgan fingerprint density at radius 2 is 1.16 bits per heavy atom. The van der Waals surface area contributed by atoms with Crippen LogP contribution >= 0.6 is 0 Å². The molecule has 2 amide bonds. The van der Waals surface area contributed by atoms with E-state index in [-0.39, 0.29) is 6.04 Å². The molecule has 0 saturated heterocycles. The van der Waals surface area contributed by atoms with Crippen molar-refractivity contribution < 1.29 is 29.4 Å². The van der Waals surface area contributed by atoms with E-state index in [1.807, 2.05) is 0 Å². The van der Waals surface area contributed by atoms with Crippen LogP contribution in [0.15, 0.2) is 0 Å². The zero-order valence-corrected chi connectivity index (χ0v) is 18.5. The first-order valence-electron chi connectivity index (χ1n) is 11.7. The van der Waals surface area contributed by atoms with E-state index in [1.54, 1.807) is 0 Å². The molecule has 3 rings (SSSR count). The standard InChI is InChI=1S/C23H36N2O6/c1-12-3-5-13(6-4-12)11-14-7-9-15(10-8-14)25-21(27)17-16(20(26)24-2)18(22(28)29)19(17)23(30)31/h12-19H,3-11H2,1-2H3,(H,24,26)(H,25,27)(H,28,29)(H,30,31). The summed E-state index contributed by atoms with van der Waals surface area (Å²) in [7, 11) is 1.36. The third-order valence-electron chi connectivity index (χ3n) is 7.97. The Bertz CT molecular complexity index is 694. The lowest BCUT2D eigenvalue weighted by molar-refractivity contribution is -0.181. The van der Waals surface area contributed by atoms with Crippen LogP contribution in [0, 0.1) is 41.4 Å². The number of nitrogens with one attached hydrogen (secondary N) is 2. The van der Waals surface area contributed by atoms with Gasteiger partial charge in [-0.2, -0.15) is 0 Å². The second-order valence-electron chi connectivity index (χ2n) is 9.98. The number of hydrogen-bond acceptors (Lipinski definition) is 4. The molecule has 0 aromatic heterocycles. The third-order valence-corrected chi connectivity index (χ3v) is 7.97. The molecule has 0 radical (unpaired) electrons. The maximum absolute atomic E-state index is 12.9. The van der Waals surface area contributed by atoms with Gasteiger partial charge in [0.15, 0.2) is 0 Å². The molecule has 4 atom stereocenters. The maximum atomic E-state index is 12.9. The van der Waals surface area contributed by atoms with E-state index in [0.717, 1.165) is 37.5 Å². The zero-order valence-electron chi connectivity index (χ0n) is 18.5. The molecule has 3 aliphatic rings. The number of amides is 2. The van der Waals surface area contributed by atoms with Crippen molar-refractivity contribution in [3.8, 4) is 0 Å². The fourth-order valence-corrected chi connectivity index (χ4v) is 6.06. The molecule has 0 aromatic rings. The van der Waals surface area contributed by atoms with E-state index >= 15 is 0 Å². The summed E-state index contributed by atoms with van der Waals surface area (Å²) in [6.45, 7) is 2.33. The maximum Gasteiger partial charge on any atom is 0.308 e. The highest BCUT2D eigenvalue weighted by atomic mass is 16.4. The van der Waals surface area contributed by atoms with Gasteiger partial charge in [-0.1, -0.05) is 32.6 Å². The summed E-state index contributed by atoms with van der Waals surface area (Å²) in [5.41, 5.74) is 0. The average molecular weight is 437 g/mol. The van der Waals surface area contributed by atoms with E-state index < -0.39 is 47.4 Å². The second kappa shape index (κ2) is 10.0. The minimum Gasteiger partial charge on any atom is -0.481 e. The molecule has 4 unspecified atom stereocenters. The van der Waals surface area contributed by atoms with Crippen LogP contribution in [0.1, 0.15) is 64.7 Å². The SMILES string of the molecule is CNC(=O)C1C(C(=O)O)C(C(=O)O)C1C(=O)NC1CCC(CC2CCC(C)CC2)CC1. The minimum absolute atomic E-state index is 0.0428. The van der Waals surface area contributed by atoms with Crippen molar-refractivity contribution in [3.63, 3.8) is 0 Å². The molecule has 0 spiro atoms. The van der Waals surface area contributed by atoms with Crippen LogP contribution in [-0.2, 0) is 19.2 Å². The summed E-state index contributed by atoms with van der Waals surface area (Å²) in [5.74, 6) is -6.56. The van der Waals surface area contributed by atoms with E-state index in [2.05, 4.69) is 17.6 Å². The molecule has 3 fully saturated rings. The van der Waals surface area contributed by atoms with Crippen LogP contribution in [0.3, 0.4) is 0 Å². The first-order valence-corrected chi connectivity index (χ1v) is 11.7. The van der Waals surface area contributed by atoms with E-state index in [4.69, 9.17) is 0 Å². The normalized spacial score (nSPS) is 37.9. The van der Waals surface area contributed by atoms with Gasteiger partial charge in [-0.15, -0.1) is 0 Å². The molecule has 0 aromatic carbocycles. The lowest BCUT2D eigenvalue weighted by atomic mass is 9.55. The van der Waals surface area contributed by atoms with Crippen LogP contribution in [0.4, 0.5) is 0 Å². The number of aliphatic carboxylic acids is 2. The molecule has 31 heavy (non-hydrogen) atoms. The summed E-state index contributed by atoms with van der Waals surface area (Å²) in [6.07, 6.45) is 10.3. The Labute approximate surface area is 183 Å². The molecule has 174 valence electrons. The van der Waals surface area contributed by atoms with Crippen molar-refractivity contribution in [2.45, 2.75) is 70.8 Å². The Balaban J connectivity index is 1.54. The monoisotopic (exact) mass is 436 g/mol. The van der Waals surface area contributed by atoms with Crippen molar-refractivity contribution >= 4 is 23.8 Å². The number of carbonyl (C=O) groups is 4. The molecule has 0 bridgehead atoms. The van der Waals surface area contributed by atoms with Crippen molar-refractivity contribution in [2.24, 2.45) is 41.4 Å². The lowest BCUT2D eigenvalue weighted by Gasteiger charge is -2.45. The van der Waals surface area contributed by atoms with Gasteiger partial charge in [0, 0.05) is 13.1 Å². The molecular formula is C23H36N2O6. The number of rotatable bonds is 7. The Hall–Kier alpha value is -2.12. The molecule has 4 N–H and O–H groups in total. The zero-order chi connectivity index (χ0) is 22.7. The van der Waals surface area contributed by atoms with Gasteiger partial charge in [0.2, 0.25) is 11.8 Å². The number of carboxylic acids is 2. The van der Waals surface area contributed by atoms with E-state index in [1.165, 1.54) is 39.2 Å². The van der Waals surface area contributed by atoms with Gasteiger partial charge < -0.3 is 20.8 Å². The predicted octanol–water partition coefficient (Wildman–Crippen LogP) is 2.27. The smallest absolute Gasteiger partial charge is 0.308 e. The predicted molar refractivity (Wildman–Crippen MR) is 113 cm³/mol. The van der Waals surface area contributed by atoms with Crippen molar-refractivity contribution in [2.75, 3.05) is 7.05 Å². The van der Waals surface area contributed by atoms with Crippen LogP contribution in [0.25, 0.3) is 0 Å². The second-order valence-corrected chi connectivity index (χ2v) is 9.98. The Morgan fingerprint density at radius 1 is 0.710 bits per heavy atom. The molecule has 3 saturated carbocycles. The highest BCUT2D eigenvalue weighted by Gasteiger charge is 2.63. The number of carbonyl (C=O) groups excluding carboxylic acids is 2. The van der Waals surface area contributed by atoms with Gasteiger partial charge in [0.05, 0.1) is 23.7 Å². The summed E-state index contributed by atoms with van der Waals surface area (Å²) in [5, 5.41) is 24.2. The Kier molecular flexibility index (Phi) is 7.59. The number of hydrogen-bond donors (Lipinski definition) is 4. The topological polar surface area (TPSA) is 133 Å². The largest absolute Gasteiger partial charge is 0.481 e. The molecule has 8 nitrogen and oxygen atoms in total. The molecule has 0 heterocycles. The molecule has 8 heteroatoms. The third kappa shape index (κ3) is 5.21. The van der Waals surface area contributed by atoms with Gasteiger partial charge in [0.25, 0.3) is 0 Å². The van der Waals surface area contributed by atoms with Crippen molar-refractivity contribution in [3.05, 3.63) is 0 Å².